The number of aromatic nitrogens is 1. The molecule has 20 heavy (non-hydrogen) atoms. The van der Waals surface area contributed by atoms with Gasteiger partial charge in [-0.05, 0) is 59.3 Å². The Bertz CT molecular complexity index is 407. The predicted molar refractivity (Wildman–Crippen MR) is 86.6 cm³/mol. The summed E-state index contributed by atoms with van der Waals surface area (Å²) in [5, 5.41) is 3.47. The molecule has 0 aromatic carbocycles. The van der Waals surface area contributed by atoms with Crippen LogP contribution < -0.4 is 5.32 Å². The van der Waals surface area contributed by atoms with Crippen LogP contribution in [0.4, 0.5) is 0 Å². The van der Waals surface area contributed by atoms with Crippen LogP contribution in [0.5, 0.6) is 0 Å². The lowest BCUT2D eigenvalue weighted by Gasteiger charge is -2.20. The summed E-state index contributed by atoms with van der Waals surface area (Å²) >= 11 is 0. The molecule has 1 aromatic rings. The van der Waals surface area contributed by atoms with E-state index in [1.807, 2.05) is 6.08 Å². The Balaban J connectivity index is 2.48. The second-order valence-electron chi connectivity index (χ2n) is 6.39. The van der Waals surface area contributed by atoms with E-state index in [-0.39, 0.29) is 5.54 Å². The lowest BCUT2D eigenvalue weighted by atomic mass is 10.1. The summed E-state index contributed by atoms with van der Waals surface area (Å²) in [6.07, 6.45) is 4.21. The molecular formula is C17H29N3. The van der Waals surface area contributed by atoms with E-state index in [0.29, 0.717) is 0 Å². The number of nitrogens with zero attached hydrogens (tertiary/aromatic N) is 2. The van der Waals surface area contributed by atoms with E-state index in [1.165, 1.54) is 0 Å². The third-order valence-corrected chi connectivity index (χ3v) is 3.04. The van der Waals surface area contributed by atoms with Crippen LogP contribution in [0, 0.1) is 0 Å². The van der Waals surface area contributed by atoms with E-state index in [9.17, 15) is 0 Å². The normalized spacial score (nSPS) is 11.8. The third kappa shape index (κ3) is 7.41. The van der Waals surface area contributed by atoms with Gasteiger partial charge in [-0.15, -0.1) is 6.58 Å². The second kappa shape index (κ2) is 8.18. The van der Waals surface area contributed by atoms with Crippen molar-refractivity contribution < 1.29 is 0 Å². The van der Waals surface area contributed by atoms with E-state index in [4.69, 9.17) is 4.98 Å². The highest BCUT2D eigenvalue weighted by Gasteiger charge is 2.09. The summed E-state index contributed by atoms with van der Waals surface area (Å²) in [6, 6.07) is 6.28. The lowest BCUT2D eigenvalue weighted by Crippen LogP contribution is -2.35. The fraction of sp³-hybridized carbons (Fsp3) is 0.588. The first-order valence-corrected chi connectivity index (χ1v) is 7.40. The number of pyridine rings is 1. The topological polar surface area (TPSA) is 28.2 Å². The van der Waals surface area contributed by atoms with E-state index >= 15 is 0 Å². The molecule has 1 N–H and O–H groups in total. The Labute approximate surface area is 124 Å². The van der Waals surface area contributed by atoms with Gasteiger partial charge in [0, 0.05) is 18.6 Å². The number of allylic oxidation sites excluding steroid dienone is 1. The van der Waals surface area contributed by atoms with Crippen molar-refractivity contribution in [2.45, 2.75) is 52.2 Å². The Morgan fingerprint density at radius 1 is 1.30 bits per heavy atom. The maximum absolute atomic E-state index is 4.72. The van der Waals surface area contributed by atoms with E-state index < -0.39 is 0 Å². The lowest BCUT2D eigenvalue weighted by molar-refractivity contribution is 0.318. The number of hydrogen-bond donors (Lipinski definition) is 1. The first kappa shape index (κ1) is 16.9. The van der Waals surface area contributed by atoms with Crippen molar-refractivity contribution in [1.29, 1.82) is 0 Å². The van der Waals surface area contributed by atoms with Crippen LogP contribution in [0.15, 0.2) is 30.9 Å². The Kier molecular flexibility index (Phi) is 6.89. The predicted octanol–water partition coefficient (Wildman–Crippen LogP) is 3.37. The number of nitrogens with one attached hydrogen (secondary N) is 1. The Hall–Kier alpha value is -1.19. The quantitative estimate of drug-likeness (QED) is 0.582. The number of hydrogen-bond acceptors (Lipinski definition) is 3. The van der Waals surface area contributed by atoms with Crippen molar-refractivity contribution in [3.8, 4) is 0 Å². The van der Waals surface area contributed by atoms with Crippen molar-refractivity contribution in [2.24, 2.45) is 0 Å². The maximum atomic E-state index is 4.72. The SMILES string of the molecule is C=CCCCN(C)Cc1cccc(CNC(C)(C)C)n1. The van der Waals surface area contributed by atoms with Gasteiger partial charge in [-0.3, -0.25) is 4.98 Å². The molecule has 1 aromatic heterocycles. The van der Waals surface area contributed by atoms with Crippen LogP contribution in [0.25, 0.3) is 0 Å². The Morgan fingerprint density at radius 2 is 2.00 bits per heavy atom. The molecule has 0 unspecified atom stereocenters. The average molecular weight is 275 g/mol. The summed E-state index contributed by atoms with van der Waals surface area (Å²) < 4.78 is 0. The molecule has 1 rings (SSSR count). The summed E-state index contributed by atoms with van der Waals surface area (Å²) in [5.74, 6) is 0. The van der Waals surface area contributed by atoms with Gasteiger partial charge in [-0.25, -0.2) is 0 Å². The van der Waals surface area contributed by atoms with Gasteiger partial charge in [0.15, 0.2) is 0 Å². The van der Waals surface area contributed by atoms with Gasteiger partial charge in [-0.2, -0.15) is 0 Å². The molecule has 0 atom stereocenters. The van der Waals surface area contributed by atoms with Crippen molar-refractivity contribution >= 4 is 0 Å². The van der Waals surface area contributed by atoms with E-state index in [1.54, 1.807) is 0 Å². The van der Waals surface area contributed by atoms with Gasteiger partial charge in [0.1, 0.15) is 0 Å². The highest BCUT2D eigenvalue weighted by Crippen LogP contribution is 2.06. The summed E-state index contributed by atoms with van der Waals surface area (Å²) in [5.41, 5.74) is 2.37. The fourth-order valence-corrected chi connectivity index (χ4v) is 1.93. The molecule has 3 nitrogen and oxygen atoms in total. The molecule has 0 radical (unpaired) electrons. The molecule has 0 saturated heterocycles. The van der Waals surface area contributed by atoms with Crippen LogP contribution in [-0.2, 0) is 13.1 Å². The van der Waals surface area contributed by atoms with Gasteiger partial charge < -0.3 is 10.2 Å². The maximum Gasteiger partial charge on any atom is 0.0547 e. The van der Waals surface area contributed by atoms with Gasteiger partial charge in [0.25, 0.3) is 0 Å². The first-order valence-electron chi connectivity index (χ1n) is 7.40. The third-order valence-electron chi connectivity index (χ3n) is 3.04. The van der Waals surface area contributed by atoms with Crippen LogP contribution >= 0.6 is 0 Å². The highest BCUT2D eigenvalue weighted by atomic mass is 15.1. The summed E-state index contributed by atoms with van der Waals surface area (Å²) in [7, 11) is 2.14. The van der Waals surface area contributed by atoms with Crippen LogP contribution in [0.2, 0.25) is 0 Å². The minimum absolute atomic E-state index is 0.124. The molecular weight excluding hydrogens is 246 g/mol. The standard InChI is InChI=1S/C17H29N3/c1-6-7-8-12-20(5)14-16-11-9-10-15(19-16)13-18-17(2,3)4/h6,9-11,18H,1,7-8,12-14H2,2-5H3. The molecule has 0 amide bonds. The second-order valence-corrected chi connectivity index (χ2v) is 6.39. The molecule has 3 heteroatoms. The molecule has 0 aliphatic heterocycles. The number of unbranched alkanes of at least 4 members (excludes halogenated alkanes) is 1. The van der Waals surface area contributed by atoms with Gasteiger partial charge in [-0.1, -0.05) is 12.1 Å². The zero-order valence-corrected chi connectivity index (χ0v) is 13.4. The summed E-state index contributed by atoms with van der Waals surface area (Å²) in [6.45, 7) is 13.1. The average Bonchev–Trinajstić information content (AvgIpc) is 2.36. The zero-order chi connectivity index (χ0) is 15.0. The van der Waals surface area contributed by atoms with Crippen LogP contribution in [-0.4, -0.2) is 29.0 Å². The smallest absolute Gasteiger partial charge is 0.0547 e. The molecule has 0 fully saturated rings. The minimum atomic E-state index is 0.124. The van der Waals surface area contributed by atoms with Crippen molar-refractivity contribution in [1.82, 2.24) is 15.2 Å². The van der Waals surface area contributed by atoms with Crippen molar-refractivity contribution in [3.63, 3.8) is 0 Å². The van der Waals surface area contributed by atoms with Gasteiger partial charge in [0.05, 0.1) is 11.4 Å². The highest BCUT2D eigenvalue weighted by molar-refractivity contribution is 5.11. The first-order chi connectivity index (χ1) is 9.40. The molecule has 0 aliphatic rings. The minimum Gasteiger partial charge on any atom is -0.306 e. The fourth-order valence-electron chi connectivity index (χ4n) is 1.93. The largest absolute Gasteiger partial charge is 0.306 e. The van der Waals surface area contributed by atoms with Gasteiger partial charge >= 0.3 is 0 Å². The van der Waals surface area contributed by atoms with Crippen LogP contribution in [0.3, 0.4) is 0 Å². The number of rotatable bonds is 8. The zero-order valence-electron chi connectivity index (χ0n) is 13.4. The van der Waals surface area contributed by atoms with E-state index in [2.05, 4.69) is 62.8 Å². The molecule has 0 saturated carbocycles. The summed E-state index contributed by atoms with van der Waals surface area (Å²) in [4.78, 5) is 7.03. The molecule has 0 spiro atoms. The molecule has 1 heterocycles. The van der Waals surface area contributed by atoms with Crippen molar-refractivity contribution in [3.05, 3.63) is 42.2 Å². The van der Waals surface area contributed by atoms with Crippen molar-refractivity contribution in [2.75, 3.05) is 13.6 Å². The Morgan fingerprint density at radius 3 is 2.65 bits per heavy atom. The van der Waals surface area contributed by atoms with Gasteiger partial charge in [0.2, 0.25) is 0 Å². The van der Waals surface area contributed by atoms with E-state index in [0.717, 1.165) is 43.9 Å². The van der Waals surface area contributed by atoms with Crippen LogP contribution in [0.1, 0.15) is 45.0 Å². The monoisotopic (exact) mass is 275 g/mol. The molecule has 0 bridgehead atoms. The molecule has 0 aliphatic carbocycles. The molecule has 112 valence electrons.